The molecule has 0 aromatic heterocycles. The van der Waals surface area contributed by atoms with Crippen molar-refractivity contribution < 1.29 is 18.7 Å². The smallest absolute Gasteiger partial charge is 0.320 e. The molecular weight excluding hydrogens is 180 g/mol. The summed E-state index contributed by atoms with van der Waals surface area (Å²) in [5.41, 5.74) is 0. The molecule has 2 heterocycles. The fraction of sp³-hybridized carbons (Fsp3) is 0.875. The summed E-state index contributed by atoms with van der Waals surface area (Å²) in [6.07, 6.45) is 0.716. The van der Waals surface area contributed by atoms with Crippen LogP contribution in [-0.2, 0) is 4.79 Å². The van der Waals surface area contributed by atoms with Crippen molar-refractivity contribution in [2.45, 2.75) is 37.3 Å². The second-order valence-electron chi connectivity index (χ2n) is 3.84. The van der Waals surface area contributed by atoms with Crippen molar-refractivity contribution in [1.82, 2.24) is 5.32 Å². The molecule has 0 aromatic rings. The van der Waals surface area contributed by atoms with E-state index in [1.165, 1.54) is 0 Å². The van der Waals surface area contributed by atoms with E-state index in [-0.39, 0.29) is 6.42 Å². The van der Waals surface area contributed by atoms with Crippen LogP contribution in [0.5, 0.6) is 0 Å². The third kappa shape index (κ3) is 1.31. The van der Waals surface area contributed by atoms with E-state index >= 15 is 0 Å². The highest BCUT2D eigenvalue weighted by Gasteiger charge is 2.54. The number of hydrogen-bond donors (Lipinski definition) is 2. The van der Waals surface area contributed by atoms with E-state index in [4.69, 9.17) is 5.11 Å². The summed E-state index contributed by atoms with van der Waals surface area (Å²) < 4.78 is 26.2. The highest BCUT2D eigenvalue weighted by molar-refractivity contribution is 5.74. The summed E-state index contributed by atoms with van der Waals surface area (Å²) in [6, 6.07) is -1.70. The van der Waals surface area contributed by atoms with Gasteiger partial charge in [-0.05, 0) is 18.8 Å². The predicted octanol–water partition coefficient (Wildman–Crippen LogP) is 0.847. The van der Waals surface area contributed by atoms with Crippen LogP contribution in [0.4, 0.5) is 8.78 Å². The van der Waals surface area contributed by atoms with Crippen LogP contribution in [0.15, 0.2) is 0 Å². The number of rotatable bonds is 1. The van der Waals surface area contributed by atoms with Gasteiger partial charge >= 0.3 is 5.97 Å². The maximum Gasteiger partial charge on any atom is 0.320 e. The van der Waals surface area contributed by atoms with E-state index < -0.39 is 29.9 Å². The van der Waals surface area contributed by atoms with E-state index in [0.29, 0.717) is 12.8 Å². The fourth-order valence-electron chi connectivity index (χ4n) is 2.30. The molecule has 2 saturated heterocycles. The highest BCUT2D eigenvalue weighted by atomic mass is 19.3. The second kappa shape index (κ2) is 2.64. The van der Waals surface area contributed by atoms with Crippen LogP contribution in [0, 0.1) is 5.92 Å². The zero-order valence-corrected chi connectivity index (χ0v) is 6.96. The Bertz CT molecular complexity index is 244. The lowest BCUT2D eigenvalue weighted by molar-refractivity contribution is -0.156. The lowest BCUT2D eigenvalue weighted by Gasteiger charge is -2.46. The number of carboxylic acid groups (broad SMARTS) is 1. The van der Waals surface area contributed by atoms with Crippen LogP contribution in [-0.4, -0.2) is 29.1 Å². The van der Waals surface area contributed by atoms with Crippen LogP contribution in [0.25, 0.3) is 0 Å². The molecule has 3 nitrogen and oxygen atoms in total. The lowest BCUT2D eigenvalue weighted by atomic mass is 9.74. The minimum absolute atomic E-state index is 0.276. The molecule has 0 radical (unpaired) electrons. The van der Waals surface area contributed by atoms with Crippen molar-refractivity contribution in [2.75, 3.05) is 0 Å². The van der Waals surface area contributed by atoms with Crippen LogP contribution in [0.2, 0.25) is 0 Å². The molecule has 5 heteroatoms. The first-order chi connectivity index (χ1) is 6.00. The molecule has 1 saturated carbocycles. The SMILES string of the molecule is O=C(O)[C@H]1N[C@H]2CC[C@@H]1CC2(F)F. The molecule has 2 bridgehead atoms. The predicted molar refractivity (Wildman–Crippen MR) is 40.6 cm³/mol. The average molecular weight is 191 g/mol. The maximum atomic E-state index is 13.1. The normalized spacial score (nSPS) is 41.8. The van der Waals surface area contributed by atoms with Crippen LogP contribution in [0.3, 0.4) is 0 Å². The van der Waals surface area contributed by atoms with Crippen molar-refractivity contribution >= 4 is 5.97 Å². The Balaban J connectivity index is 2.16. The van der Waals surface area contributed by atoms with E-state index in [1.807, 2.05) is 0 Å². The van der Waals surface area contributed by atoms with Gasteiger partial charge in [0.2, 0.25) is 0 Å². The minimum atomic E-state index is -2.71. The molecule has 3 fully saturated rings. The summed E-state index contributed by atoms with van der Waals surface area (Å²) in [5, 5.41) is 11.2. The van der Waals surface area contributed by atoms with Crippen molar-refractivity contribution in [3.05, 3.63) is 0 Å². The van der Waals surface area contributed by atoms with Gasteiger partial charge in [-0.1, -0.05) is 0 Å². The standard InChI is InChI=1S/C8H11F2NO2/c9-8(10)3-4-1-2-5(8)11-6(4)7(12)13/h4-6,11H,1-3H2,(H,12,13)/t4-,5+,6+/m1/s1. The molecule has 2 N–H and O–H groups in total. The average Bonchev–Trinajstić information content (AvgIpc) is 2.02. The van der Waals surface area contributed by atoms with Crippen LogP contribution in [0.1, 0.15) is 19.3 Å². The topological polar surface area (TPSA) is 49.3 Å². The van der Waals surface area contributed by atoms with Crippen LogP contribution < -0.4 is 5.32 Å². The summed E-state index contributed by atoms with van der Waals surface area (Å²) in [5.74, 6) is -4.13. The lowest BCUT2D eigenvalue weighted by Crippen LogP contribution is -2.64. The first-order valence-electron chi connectivity index (χ1n) is 4.37. The van der Waals surface area contributed by atoms with E-state index in [2.05, 4.69) is 5.32 Å². The monoisotopic (exact) mass is 191 g/mol. The zero-order chi connectivity index (χ0) is 9.64. The number of alkyl halides is 2. The van der Waals surface area contributed by atoms with Crippen molar-refractivity contribution in [2.24, 2.45) is 5.92 Å². The third-order valence-corrected chi connectivity index (χ3v) is 2.99. The Morgan fingerprint density at radius 3 is 2.54 bits per heavy atom. The highest BCUT2D eigenvalue weighted by Crippen LogP contribution is 2.42. The van der Waals surface area contributed by atoms with Crippen molar-refractivity contribution in [3.63, 3.8) is 0 Å². The number of carboxylic acids is 1. The Morgan fingerprint density at radius 1 is 1.46 bits per heavy atom. The molecule has 1 aliphatic carbocycles. The number of halogens is 2. The van der Waals surface area contributed by atoms with Gasteiger partial charge < -0.3 is 5.11 Å². The second-order valence-corrected chi connectivity index (χ2v) is 3.84. The van der Waals surface area contributed by atoms with Gasteiger partial charge in [0.05, 0.1) is 6.04 Å². The first kappa shape index (κ1) is 8.87. The number of piperidine rings is 2. The summed E-state index contributed by atoms with van der Waals surface area (Å²) in [6.45, 7) is 0. The fourth-order valence-corrected chi connectivity index (χ4v) is 2.30. The van der Waals surface area contributed by atoms with Gasteiger partial charge in [-0.25, -0.2) is 8.78 Å². The quantitative estimate of drug-likeness (QED) is 0.646. The molecule has 0 amide bonds. The minimum Gasteiger partial charge on any atom is -0.480 e. The Morgan fingerprint density at radius 2 is 2.15 bits per heavy atom. The Labute approximate surface area is 74.1 Å². The van der Waals surface area contributed by atoms with E-state index in [0.717, 1.165) is 0 Å². The largest absolute Gasteiger partial charge is 0.480 e. The van der Waals surface area contributed by atoms with Gasteiger partial charge in [0, 0.05) is 6.42 Å². The van der Waals surface area contributed by atoms with Gasteiger partial charge in [-0.15, -0.1) is 0 Å². The molecule has 0 spiro atoms. The summed E-state index contributed by atoms with van der Waals surface area (Å²) >= 11 is 0. The van der Waals surface area contributed by atoms with Gasteiger partial charge in [-0.3, -0.25) is 10.1 Å². The van der Waals surface area contributed by atoms with Gasteiger partial charge in [0.25, 0.3) is 5.92 Å². The first-order valence-corrected chi connectivity index (χ1v) is 4.37. The molecule has 0 aromatic carbocycles. The molecule has 13 heavy (non-hydrogen) atoms. The Hall–Kier alpha value is -0.710. The van der Waals surface area contributed by atoms with Gasteiger partial charge in [0.15, 0.2) is 0 Å². The van der Waals surface area contributed by atoms with Gasteiger partial charge in [0.1, 0.15) is 6.04 Å². The summed E-state index contributed by atoms with van der Waals surface area (Å²) in [7, 11) is 0. The molecule has 3 aliphatic rings. The third-order valence-electron chi connectivity index (χ3n) is 2.99. The van der Waals surface area contributed by atoms with E-state index in [9.17, 15) is 13.6 Å². The molecule has 0 unspecified atom stereocenters. The maximum absolute atomic E-state index is 13.1. The molecule has 74 valence electrons. The van der Waals surface area contributed by atoms with Crippen LogP contribution >= 0.6 is 0 Å². The van der Waals surface area contributed by atoms with Crippen molar-refractivity contribution in [3.8, 4) is 0 Å². The molecule has 3 atom stereocenters. The van der Waals surface area contributed by atoms with Gasteiger partial charge in [-0.2, -0.15) is 0 Å². The molecule has 3 rings (SSSR count). The number of hydrogen-bond acceptors (Lipinski definition) is 2. The number of nitrogens with one attached hydrogen (secondary N) is 1. The molecule has 2 aliphatic heterocycles. The van der Waals surface area contributed by atoms with E-state index in [1.54, 1.807) is 0 Å². The number of aliphatic carboxylic acids is 1. The zero-order valence-electron chi connectivity index (χ0n) is 6.96. The number of fused-ring (bicyclic) bond motifs is 3. The van der Waals surface area contributed by atoms with Crippen molar-refractivity contribution in [1.29, 1.82) is 0 Å². The number of carbonyl (C=O) groups is 1. The summed E-state index contributed by atoms with van der Waals surface area (Å²) in [4.78, 5) is 10.6. The molecular formula is C8H11F2NO2. The Kier molecular flexibility index (Phi) is 1.80.